The van der Waals surface area contributed by atoms with Crippen LogP contribution in [-0.4, -0.2) is 73.7 Å². The average Bonchev–Trinajstić information content (AvgIpc) is 2.66. The standard InChI is InChI=1S/C21H33N3O4/c1-5-28-19-9-7-6-8-17(19)15-23-11-10-22-21(26)18(23)14-20(25)24(16(2)3)12-13-27-4/h6-9,16,18H,5,10-15H2,1-4H3,(H,22,26). The Hall–Kier alpha value is -2.12. The van der Waals surface area contributed by atoms with Crippen LogP contribution in [0, 0.1) is 0 Å². The minimum absolute atomic E-state index is 0.0304. The van der Waals surface area contributed by atoms with Crippen molar-refractivity contribution >= 4 is 11.8 Å². The van der Waals surface area contributed by atoms with E-state index in [1.165, 1.54) is 0 Å². The number of piperazine rings is 1. The highest BCUT2D eigenvalue weighted by Crippen LogP contribution is 2.23. The summed E-state index contributed by atoms with van der Waals surface area (Å²) in [5, 5.41) is 2.90. The Morgan fingerprint density at radius 1 is 1.36 bits per heavy atom. The van der Waals surface area contributed by atoms with Gasteiger partial charge in [0.2, 0.25) is 11.8 Å². The van der Waals surface area contributed by atoms with Gasteiger partial charge in [-0.2, -0.15) is 0 Å². The predicted molar refractivity (Wildman–Crippen MR) is 108 cm³/mol. The number of carbonyl (C=O) groups excluding carboxylic acids is 2. The lowest BCUT2D eigenvalue weighted by molar-refractivity contribution is -0.140. The molecule has 1 unspecified atom stereocenters. The molecule has 2 amide bonds. The summed E-state index contributed by atoms with van der Waals surface area (Å²) in [5.74, 6) is 0.700. The van der Waals surface area contributed by atoms with Gasteiger partial charge in [-0.1, -0.05) is 18.2 Å². The Balaban J connectivity index is 2.13. The molecule has 0 bridgehead atoms. The highest BCUT2D eigenvalue weighted by Gasteiger charge is 2.33. The Morgan fingerprint density at radius 2 is 2.11 bits per heavy atom. The minimum atomic E-state index is -0.486. The van der Waals surface area contributed by atoms with Crippen LogP contribution < -0.4 is 10.1 Å². The van der Waals surface area contributed by atoms with Gasteiger partial charge in [-0.05, 0) is 26.8 Å². The van der Waals surface area contributed by atoms with Gasteiger partial charge in [0, 0.05) is 44.9 Å². The first-order valence-electron chi connectivity index (χ1n) is 9.98. The minimum Gasteiger partial charge on any atom is -0.494 e. The number of rotatable bonds is 10. The first-order valence-corrected chi connectivity index (χ1v) is 9.98. The zero-order valence-corrected chi connectivity index (χ0v) is 17.4. The third-order valence-corrected chi connectivity index (χ3v) is 4.94. The number of benzene rings is 1. The third kappa shape index (κ3) is 5.94. The normalized spacial score (nSPS) is 17.5. The van der Waals surface area contributed by atoms with Crippen LogP contribution in [-0.2, 0) is 20.9 Å². The SMILES string of the molecule is CCOc1ccccc1CN1CCNC(=O)C1CC(=O)N(CCOC)C(C)C. The van der Waals surface area contributed by atoms with E-state index >= 15 is 0 Å². The number of nitrogens with one attached hydrogen (secondary N) is 1. The molecule has 7 nitrogen and oxygen atoms in total. The Labute approximate surface area is 168 Å². The van der Waals surface area contributed by atoms with E-state index in [1.54, 1.807) is 12.0 Å². The molecular weight excluding hydrogens is 358 g/mol. The fourth-order valence-electron chi connectivity index (χ4n) is 3.47. The van der Waals surface area contributed by atoms with Crippen LogP contribution in [0.2, 0.25) is 0 Å². The van der Waals surface area contributed by atoms with E-state index < -0.39 is 6.04 Å². The van der Waals surface area contributed by atoms with E-state index in [0.717, 1.165) is 11.3 Å². The molecule has 1 aromatic carbocycles. The Morgan fingerprint density at radius 3 is 2.79 bits per heavy atom. The molecule has 1 saturated heterocycles. The molecule has 0 aromatic heterocycles. The lowest BCUT2D eigenvalue weighted by Crippen LogP contribution is -2.56. The molecule has 2 rings (SSSR count). The quantitative estimate of drug-likeness (QED) is 0.657. The summed E-state index contributed by atoms with van der Waals surface area (Å²) in [6.07, 6.45) is 0.157. The maximum atomic E-state index is 12.9. The predicted octanol–water partition coefficient (Wildman–Crippen LogP) is 1.66. The van der Waals surface area contributed by atoms with E-state index in [0.29, 0.717) is 39.4 Å². The van der Waals surface area contributed by atoms with Crippen LogP contribution in [0.5, 0.6) is 5.75 Å². The first-order chi connectivity index (χ1) is 13.5. The molecule has 7 heteroatoms. The van der Waals surface area contributed by atoms with Gasteiger partial charge in [-0.3, -0.25) is 14.5 Å². The molecule has 1 heterocycles. The summed E-state index contributed by atoms with van der Waals surface area (Å²) in [6, 6.07) is 7.42. The number of para-hydroxylation sites is 1. The molecule has 1 aromatic rings. The monoisotopic (exact) mass is 391 g/mol. The smallest absolute Gasteiger partial charge is 0.237 e. The molecule has 0 aliphatic carbocycles. The van der Waals surface area contributed by atoms with Crippen molar-refractivity contribution in [1.29, 1.82) is 0 Å². The molecule has 1 N–H and O–H groups in total. The van der Waals surface area contributed by atoms with Crippen LogP contribution in [0.25, 0.3) is 0 Å². The van der Waals surface area contributed by atoms with Gasteiger partial charge in [-0.15, -0.1) is 0 Å². The van der Waals surface area contributed by atoms with E-state index in [2.05, 4.69) is 10.2 Å². The van der Waals surface area contributed by atoms with E-state index in [1.807, 2.05) is 45.0 Å². The fraction of sp³-hybridized carbons (Fsp3) is 0.619. The highest BCUT2D eigenvalue weighted by molar-refractivity contribution is 5.89. The van der Waals surface area contributed by atoms with Crippen LogP contribution in [0.1, 0.15) is 32.8 Å². The van der Waals surface area contributed by atoms with Crippen molar-refractivity contribution in [2.75, 3.05) is 40.0 Å². The second-order valence-electron chi connectivity index (χ2n) is 7.20. The van der Waals surface area contributed by atoms with Crippen LogP contribution in [0.3, 0.4) is 0 Å². The average molecular weight is 392 g/mol. The number of carbonyl (C=O) groups is 2. The van der Waals surface area contributed by atoms with Crippen molar-refractivity contribution in [1.82, 2.24) is 15.1 Å². The Kier molecular flexibility index (Phi) is 8.73. The van der Waals surface area contributed by atoms with Gasteiger partial charge >= 0.3 is 0 Å². The maximum absolute atomic E-state index is 12.9. The van der Waals surface area contributed by atoms with Gasteiger partial charge in [0.1, 0.15) is 5.75 Å². The third-order valence-electron chi connectivity index (χ3n) is 4.94. The number of ether oxygens (including phenoxy) is 2. The molecule has 0 saturated carbocycles. The van der Waals surface area contributed by atoms with Crippen molar-refractivity contribution in [3.05, 3.63) is 29.8 Å². The zero-order chi connectivity index (χ0) is 20.5. The maximum Gasteiger partial charge on any atom is 0.237 e. The molecule has 1 fully saturated rings. The van der Waals surface area contributed by atoms with Crippen molar-refractivity contribution in [2.24, 2.45) is 0 Å². The van der Waals surface area contributed by atoms with Crippen LogP contribution in [0.15, 0.2) is 24.3 Å². The zero-order valence-electron chi connectivity index (χ0n) is 17.4. The van der Waals surface area contributed by atoms with Crippen molar-refractivity contribution in [2.45, 2.75) is 45.8 Å². The molecular formula is C21H33N3O4. The van der Waals surface area contributed by atoms with Gasteiger partial charge in [0.15, 0.2) is 0 Å². The molecule has 1 aliphatic rings. The van der Waals surface area contributed by atoms with Gasteiger partial charge in [-0.25, -0.2) is 0 Å². The van der Waals surface area contributed by atoms with Gasteiger partial charge in [0.05, 0.1) is 25.7 Å². The van der Waals surface area contributed by atoms with E-state index in [-0.39, 0.29) is 24.3 Å². The summed E-state index contributed by atoms with van der Waals surface area (Å²) in [4.78, 5) is 29.3. The molecule has 0 spiro atoms. The summed E-state index contributed by atoms with van der Waals surface area (Å²) < 4.78 is 10.8. The number of methoxy groups -OCH3 is 1. The molecule has 1 atom stereocenters. The summed E-state index contributed by atoms with van der Waals surface area (Å²) >= 11 is 0. The lowest BCUT2D eigenvalue weighted by atomic mass is 10.1. The number of amides is 2. The summed E-state index contributed by atoms with van der Waals surface area (Å²) in [6.45, 7) is 9.34. The van der Waals surface area contributed by atoms with Crippen molar-refractivity contribution in [3.8, 4) is 5.75 Å². The summed E-state index contributed by atoms with van der Waals surface area (Å²) in [7, 11) is 1.62. The fourth-order valence-corrected chi connectivity index (χ4v) is 3.47. The number of nitrogens with zero attached hydrogens (tertiary/aromatic N) is 2. The van der Waals surface area contributed by atoms with E-state index in [4.69, 9.17) is 9.47 Å². The largest absolute Gasteiger partial charge is 0.494 e. The van der Waals surface area contributed by atoms with Crippen molar-refractivity contribution in [3.63, 3.8) is 0 Å². The highest BCUT2D eigenvalue weighted by atomic mass is 16.5. The second kappa shape index (κ2) is 11.0. The molecule has 156 valence electrons. The van der Waals surface area contributed by atoms with Crippen molar-refractivity contribution < 1.29 is 19.1 Å². The Bertz CT molecular complexity index is 650. The lowest BCUT2D eigenvalue weighted by Gasteiger charge is -2.36. The topological polar surface area (TPSA) is 71.1 Å². The van der Waals surface area contributed by atoms with Crippen LogP contribution in [0.4, 0.5) is 0 Å². The molecule has 1 aliphatic heterocycles. The number of hydrogen-bond donors (Lipinski definition) is 1. The first kappa shape index (κ1) is 22.2. The summed E-state index contributed by atoms with van der Waals surface area (Å²) in [5.41, 5.74) is 1.02. The van der Waals surface area contributed by atoms with Crippen LogP contribution >= 0.6 is 0 Å². The molecule has 0 radical (unpaired) electrons. The second-order valence-corrected chi connectivity index (χ2v) is 7.20. The van der Waals surface area contributed by atoms with Gasteiger partial charge < -0.3 is 19.7 Å². The molecule has 28 heavy (non-hydrogen) atoms. The van der Waals surface area contributed by atoms with Gasteiger partial charge in [0.25, 0.3) is 0 Å². The van der Waals surface area contributed by atoms with E-state index in [9.17, 15) is 9.59 Å². The number of hydrogen-bond acceptors (Lipinski definition) is 5.